The fourth-order valence-electron chi connectivity index (χ4n) is 3.21. The lowest BCUT2D eigenvalue weighted by Crippen LogP contribution is -2.34. The summed E-state index contributed by atoms with van der Waals surface area (Å²) < 4.78 is 0. The molecule has 3 rings (SSSR count). The molecule has 0 saturated carbocycles. The second kappa shape index (κ2) is 8.02. The predicted molar refractivity (Wildman–Crippen MR) is 103 cm³/mol. The molecule has 0 aliphatic carbocycles. The SMILES string of the molecule is O=C(O)CN1C(=O)C(=O)C(=C(O)c2ccc([N+](=O)[O-])cc2)[C@@H]1c1ccc([N+](=O)[O-])cc1. The highest BCUT2D eigenvalue weighted by Gasteiger charge is 2.46. The van der Waals surface area contributed by atoms with Crippen LogP contribution in [0.25, 0.3) is 5.76 Å². The van der Waals surface area contributed by atoms with Crippen molar-refractivity contribution in [3.05, 3.63) is 85.5 Å². The Bertz CT molecular complexity index is 1140. The van der Waals surface area contributed by atoms with E-state index < -0.39 is 51.4 Å². The molecule has 0 spiro atoms. The summed E-state index contributed by atoms with van der Waals surface area (Å²) in [5.74, 6) is -4.40. The molecule has 0 aromatic heterocycles. The van der Waals surface area contributed by atoms with Gasteiger partial charge in [-0.15, -0.1) is 0 Å². The first kappa shape index (κ1) is 21.1. The molecule has 0 unspecified atom stereocenters. The molecular weight excluding hydrogens is 414 g/mol. The predicted octanol–water partition coefficient (Wildman–Crippen LogP) is 2.01. The van der Waals surface area contributed by atoms with Crippen LogP contribution in [0.15, 0.2) is 54.1 Å². The number of nitro benzene ring substituents is 2. The molecule has 0 radical (unpaired) electrons. The van der Waals surface area contributed by atoms with Crippen LogP contribution in [0.1, 0.15) is 17.2 Å². The summed E-state index contributed by atoms with van der Waals surface area (Å²) in [4.78, 5) is 57.4. The van der Waals surface area contributed by atoms with Crippen molar-refractivity contribution in [3.8, 4) is 0 Å². The standard InChI is InChI=1S/C19H13N3O9/c23-14(24)9-20-16(10-1-5-12(6-2-10)21(28)29)15(18(26)19(20)27)17(25)11-3-7-13(8-4-11)22(30)31/h1-8,16,25H,9H2,(H,23,24)/t16-/m0/s1. The van der Waals surface area contributed by atoms with Gasteiger partial charge in [0.2, 0.25) is 0 Å². The molecule has 12 heteroatoms. The number of hydrogen-bond donors (Lipinski definition) is 2. The Labute approximate surface area is 172 Å². The summed E-state index contributed by atoms with van der Waals surface area (Å²) in [6, 6.07) is 7.90. The molecule has 1 amide bonds. The molecule has 1 atom stereocenters. The fraction of sp³-hybridized carbons (Fsp3) is 0.105. The number of Topliss-reactive ketones (excluding diaryl/α,β-unsaturated/α-hetero) is 1. The molecule has 158 valence electrons. The number of ketones is 1. The monoisotopic (exact) mass is 427 g/mol. The number of nitrogens with zero attached hydrogens (tertiary/aromatic N) is 3. The van der Waals surface area contributed by atoms with Gasteiger partial charge in [-0.1, -0.05) is 0 Å². The number of rotatable bonds is 6. The summed E-state index contributed by atoms with van der Waals surface area (Å²) in [5, 5.41) is 41.6. The Hall–Kier alpha value is -4.61. The summed E-state index contributed by atoms with van der Waals surface area (Å²) >= 11 is 0. The third kappa shape index (κ3) is 3.94. The minimum absolute atomic E-state index is 0.00848. The minimum Gasteiger partial charge on any atom is -0.507 e. The van der Waals surface area contributed by atoms with E-state index >= 15 is 0 Å². The van der Waals surface area contributed by atoms with Gasteiger partial charge in [0.05, 0.1) is 21.5 Å². The third-order valence-corrected chi connectivity index (χ3v) is 4.62. The Kier molecular flexibility index (Phi) is 5.46. The molecule has 2 N–H and O–H groups in total. The molecule has 12 nitrogen and oxygen atoms in total. The highest BCUT2D eigenvalue weighted by molar-refractivity contribution is 6.46. The van der Waals surface area contributed by atoms with Crippen LogP contribution in [0.3, 0.4) is 0 Å². The average molecular weight is 427 g/mol. The summed E-state index contributed by atoms with van der Waals surface area (Å²) in [7, 11) is 0. The quantitative estimate of drug-likeness (QED) is 0.229. The molecule has 31 heavy (non-hydrogen) atoms. The number of carboxylic acid groups (broad SMARTS) is 1. The first-order chi connectivity index (χ1) is 14.6. The smallest absolute Gasteiger partial charge is 0.323 e. The molecule has 1 saturated heterocycles. The number of likely N-dealkylation sites (tertiary alicyclic amines) is 1. The van der Waals surface area contributed by atoms with E-state index in [9.17, 15) is 39.7 Å². The first-order valence-corrected chi connectivity index (χ1v) is 8.61. The van der Waals surface area contributed by atoms with Crippen LogP contribution >= 0.6 is 0 Å². The van der Waals surface area contributed by atoms with Crippen molar-refractivity contribution in [1.29, 1.82) is 0 Å². The topological polar surface area (TPSA) is 181 Å². The number of carbonyl (C=O) groups is 3. The zero-order valence-corrected chi connectivity index (χ0v) is 15.5. The number of non-ortho nitro benzene ring substituents is 2. The Balaban J connectivity index is 2.16. The maximum Gasteiger partial charge on any atom is 0.323 e. The lowest BCUT2D eigenvalue weighted by molar-refractivity contribution is -0.385. The van der Waals surface area contributed by atoms with Gasteiger partial charge in [0.25, 0.3) is 23.1 Å². The zero-order chi connectivity index (χ0) is 22.9. The molecule has 1 aliphatic rings. The second-order valence-corrected chi connectivity index (χ2v) is 6.47. The van der Waals surface area contributed by atoms with Gasteiger partial charge in [0, 0.05) is 29.8 Å². The van der Waals surface area contributed by atoms with Gasteiger partial charge in [0.1, 0.15) is 12.3 Å². The van der Waals surface area contributed by atoms with E-state index in [0.29, 0.717) is 0 Å². The van der Waals surface area contributed by atoms with Crippen LogP contribution in [-0.2, 0) is 14.4 Å². The number of amides is 1. The normalized spacial score (nSPS) is 17.5. The van der Waals surface area contributed by atoms with E-state index in [2.05, 4.69) is 0 Å². The summed E-state index contributed by atoms with van der Waals surface area (Å²) in [6.07, 6.45) is 0. The van der Waals surface area contributed by atoms with E-state index in [-0.39, 0.29) is 22.5 Å². The molecule has 1 heterocycles. The van der Waals surface area contributed by atoms with Crippen molar-refractivity contribution >= 4 is 34.8 Å². The average Bonchev–Trinajstić information content (AvgIpc) is 2.97. The Morgan fingerprint density at radius 3 is 1.84 bits per heavy atom. The van der Waals surface area contributed by atoms with E-state index in [1.54, 1.807) is 0 Å². The van der Waals surface area contributed by atoms with Gasteiger partial charge in [-0.05, 0) is 29.8 Å². The lowest BCUT2D eigenvalue weighted by atomic mass is 9.95. The fourth-order valence-corrected chi connectivity index (χ4v) is 3.21. The zero-order valence-electron chi connectivity index (χ0n) is 15.5. The van der Waals surface area contributed by atoms with Crippen molar-refractivity contribution in [3.63, 3.8) is 0 Å². The largest absolute Gasteiger partial charge is 0.507 e. The van der Waals surface area contributed by atoms with Gasteiger partial charge in [-0.3, -0.25) is 34.6 Å². The Morgan fingerprint density at radius 1 is 0.903 bits per heavy atom. The van der Waals surface area contributed by atoms with E-state index in [1.165, 1.54) is 24.3 Å². The minimum atomic E-state index is -1.41. The van der Waals surface area contributed by atoms with Gasteiger partial charge in [-0.2, -0.15) is 0 Å². The highest BCUT2D eigenvalue weighted by Crippen LogP contribution is 2.39. The van der Waals surface area contributed by atoms with Crippen molar-refractivity contribution in [1.82, 2.24) is 4.90 Å². The molecule has 0 bridgehead atoms. The van der Waals surface area contributed by atoms with Gasteiger partial charge in [-0.25, -0.2) is 0 Å². The molecule has 1 fully saturated rings. The molecule has 2 aromatic carbocycles. The van der Waals surface area contributed by atoms with Crippen LogP contribution in [0.5, 0.6) is 0 Å². The van der Waals surface area contributed by atoms with Crippen LogP contribution in [0.2, 0.25) is 0 Å². The number of carbonyl (C=O) groups excluding carboxylic acids is 2. The van der Waals surface area contributed by atoms with Crippen molar-refractivity contribution in [2.24, 2.45) is 0 Å². The maximum atomic E-state index is 12.6. The van der Waals surface area contributed by atoms with E-state index in [1.807, 2.05) is 0 Å². The van der Waals surface area contributed by atoms with E-state index in [4.69, 9.17) is 5.11 Å². The number of nitro groups is 2. The van der Waals surface area contributed by atoms with Crippen LogP contribution in [-0.4, -0.2) is 49.2 Å². The number of benzene rings is 2. The van der Waals surface area contributed by atoms with E-state index in [0.717, 1.165) is 29.2 Å². The first-order valence-electron chi connectivity index (χ1n) is 8.61. The molecular formula is C19H13N3O9. The number of carboxylic acids is 1. The van der Waals surface area contributed by atoms with Gasteiger partial charge >= 0.3 is 5.97 Å². The maximum absolute atomic E-state index is 12.6. The van der Waals surface area contributed by atoms with Crippen LogP contribution < -0.4 is 0 Å². The highest BCUT2D eigenvalue weighted by atomic mass is 16.6. The molecule has 1 aliphatic heterocycles. The van der Waals surface area contributed by atoms with Crippen molar-refractivity contribution < 1.29 is 34.4 Å². The van der Waals surface area contributed by atoms with Gasteiger partial charge < -0.3 is 15.1 Å². The van der Waals surface area contributed by atoms with Crippen molar-refractivity contribution in [2.75, 3.05) is 6.54 Å². The van der Waals surface area contributed by atoms with Crippen LogP contribution in [0.4, 0.5) is 11.4 Å². The number of aliphatic hydroxyl groups excluding tert-OH is 1. The number of aliphatic hydroxyl groups is 1. The lowest BCUT2D eigenvalue weighted by Gasteiger charge is -2.23. The van der Waals surface area contributed by atoms with Crippen molar-refractivity contribution in [2.45, 2.75) is 6.04 Å². The molecule has 2 aromatic rings. The summed E-state index contributed by atoms with van der Waals surface area (Å²) in [5.41, 5.74) is -0.821. The van der Waals surface area contributed by atoms with Crippen LogP contribution in [0, 0.1) is 20.2 Å². The summed E-state index contributed by atoms with van der Waals surface area (Å²) in [6.45, 7) is -0.858. The van der Waals surface area contributed by atoms with Gasteiger partial charge in [0.15, 0.2) is 0 Å². The second-order valence-electron chi connectivity index (χ2n) is 6.47. The number of aliphatic carboxylic acids is 1. The number of hydrogen-bond acceptors (Lipinski definition) is 8. The Morgan fingerprint density at radius 2 is 1.39 bits per heavy atom. The third-order valence-electron chi connectivity index (χ3n) is 4.62.